The van der Waals surface area contributed by atoms with Crippen LogP contribution in [-0.4, -0.2) is 37.3 Å². The molecule has 0 aliphatic rings. The van der Waals surface area contributed by atoms with Crippen molar-refractivity contribution >= 4 is 39.3 Å². The van der Waals surface area contributed by atoms with E-state index in [-0.39, 0.29) is 10.6 Å². The molecular formula is C10H10N4O7S. The lowest BCUT2D eigenvalue weighted by molar-refractivity contribution is -0.141. The van der Waals surface area contributed by atoms with Crippen molar-refractivity contribution < 1.29 is 32.8 Å². The van der Waals surface area contributed by atoms with Crippen LogP contribution in [0.2, 0.25) is 0 Å². The number of nitrogens with two attached hydrogens (primary N) is 1. The van der Waals surface area contributed by atoms with Crippen molar-refractivity contribution in [2.24, 2.45) is 5.73 Å². The molecule has 0 bridgehead atoms. The minimum atomic E-state index is -4.30. The predicted molar refractivity (Wildman–Crippen MR) is 69.5 cm³/mol. The first-order valence-corrected chi connectivity index (χ1v) is 6.87. The number of sulfonamides is 1. The van der Waals surface area contributed by atoms with E-state index in [0.29, 0.717) is 0 Å². The summed E-state index contributed by atoms with van der Waals surface area (Å²) in [5, 5.41) is 10.3. The first-order chi connectivity index (χ1) is 10.2. The van der Waals surface area contributed by atoms with Crippen LogP contribution in [0.25, 0.3) is 0 Å². The van der Waals surface area contributed by atoms with Crippen molar-refractivity contribution in [2.45, 2.75) is 4.90 Å². The average Bonchev–Trinajstić information content (AvgIpc) is 2.46. The van der Waals surface area contributed by atoms with Gasteiger partial charge in [0, 0.05) is 5.69 Å². The van der Waals surface area contributed by atoms with Gasteiger partial charge in [0.05, 0.1) is 4.90 Å². The number of nitrogens with one attached hydrogen (secondary N) is 3. The molecule has 0 saturated carbocycles. The summed E-state index contributed by atoms with van der Waals surface area (Å²) in [6, 6.07) is 4.24. The normalized spacial score (nSPS) is 10.4. The van der Waals surface area contributed by atoms with Crippen LogP contribution in [-0.2, 0) is 29.2 Å². The zero-order valence-electron chi connectivity index (χ0n) is 10.7. The largest absolute Gasteiger partial charge is 0.361 e. The Balaban J connectivity index is 2.88. The molecule has 0 saturated heterocycles. The number of rotatable bonds is 3. The van der Waals surface area contributed by atoms with E-state index in [4.69, 9.17) is 5.21 Å². The zero-order chi connectivity index (χ0) is 16.9. The molecule has 11 nitrogen and oxygen atoms in total. The second-order valence-corrected chi connectivity index (χ2v) is 5.40. The Bertz CT molecular complexity index is 726. The van der Waals surface area contributed by atoms with Crippen LogP contribution in [0.4, 0.5) is 5.69 Å². The zero-order valence-corrected chi connectivity index (χ0v) is 11.5. The van der Waals surface area contributed by atoms with Crippen LogP contribution in [0, 0.1) is 0 Å². The van der Waals surface area contributed by atoms with Gasteiger partial charge in [0.15, 0.2) is 0 Å². The molecule has 22 heavy (non-hydrogen) atoms. The summed E-state index contributed by atoms with van der Waals surface area (Å²) in [6.45, 7) is 0. The summed E-state index contributed by atoms with van der Waals surface area (Å²) >= 11 is 0. The topological polar surface area (TPSA) is 185 Å². The summed E-state index contributed by atoms with van der Waals surface area (Å²) < 4.78 is 24.9. The van der Waals surface area contributed by atoms with E-state index in [2.05, 4.69) is 11.1 Å². The Morgan fingerprint density at radius 1 is 0.955 bits per heavy atom. The van der Waals surface area contributed by atoms with E-state index in [9.17, 15) is 27.6 Å². The van der Waals surface area contributed by atoms with Gasteiger partial charge in [-0.25, -0.2) is 18.6 Å². The third-order valence-electron chi connectivity index (χ3n) is 2.18. The summed E-state index contributed by atoms with van der Waals surface area (Å²) in [6.07, 6.45) is 0. The van der Waals surface area contributed by atoms with E-state index in [0.717, 1.165) is 29.7 Å². The monoisotopic (exact) mass is 330 g/mol. The van der Waals surface area contributed by atoms with E-state index in [1.54, 1.807) is 0 Å². The number of hydrogen-bond donors (Lipinski definition) is 5. The van der Waals surface area contributed by atoms with Crippen LogP contribution < -0.4 is 21.3 Å². The van der Waals surface area contributed by atoms with Gasteiger partial charge in [-0.1, -0.05) is 0 Å². The fourth-order valence-corrected chi connectivity index (χ4v) is 2.14. The molecular weight excluding hydrogens is 320 g/mol. The van der Waals surface area contributed by atoms with Gasteiger partial charge < -0.3 is 11.1 Å². The first-order valence-electron chi connectivity index (χ1n) is 5.39. The average molecular weight is 330 g/mol. The molecule has 0 unspecified atom stereocenters. The molecule has 0 aliphatic carbocycles. The lowest BCUT2D eigenvalue weighted by Crippen LogP contribution is -2.39. The van der Waals surface area contributed by atoms with Crippen molar-refractivity contribution in [3.8, 4) is 0 Å². The van der Waals surface area contributed by atoms with Crippen LogP contribution in [0.5, 0.6) is 0 Å². The van der Waals surface area contributed by atoms with Gasteiger partial charge in [-0.2, -0.15) is 0 Å². The fraction of sp³-hybridized carbons (Fsp3) is 0. The molecule has 0 radical (unpaired) electrons. The smallest absolute Gasteiger partial charge is 0.332 e. The van der Waals surface area contributed by atoms with Crippen molar-refractivity contribution in [3.63, 3.8) is 0 Å². The van der Waals surface area contributed by atoms with Gasteiger partial charge >= 0.3 is 23.6 Å². The Hall–Kier alpha value is -2.99. The van der Waals surface area contributed by atoms with Crippen molar-refractivity contribution in [3.05, 3.63) is 24.3 Å². The minimum Gasteiger partial charge on any atom is -0.361 e. The maximum absolute atomic E-state index is 11.7. The van der Waals surface area contributed by atoms with Gasteiger partial charge in [0.2, 0.25) is 0 Å². The molecule has 0 heterocycles. The van der Waals surface area contributed by atoms with Crippen LogP contribution >= 0.6 is 0 Å². The van der Waals surface area contributed by atoms with Crippen LogP contribution in [0.3, 0.4) is 0 Å². The third-order valence-corrected chi connectivity index (χ3v) is 3.53. The summed E-state index contributed by atoms with van der Waals surface area (Å²) in [4.78, 5) is 43.0. The highest BCUT2D eigenvalue weighted by atomic mass is 32.2. The van der Waals surface area contributed by atoms with Gasteiger partial charge in [-0.15, -0.1) is 0 Å². The van der Waals surface area contributed by atoms with Crippen LogP contribution in [0.1, 0.15) is 0 Å². The predicted octanol–water partition coefficient (Wildman–Crippen LogP) is -2.58. The highest BCUT2D eigenvalue weighted by Gasteiger charge is 2.21. The van der Waals surface area contributed by atoms with E-state index < -0.39 is 33.7 Å². The second kappa shape index (κ2) is 6.64. The Labute approximate surface area is 123 Å². The van der Waals surface area contributed by atoms with Crippen molar-refractivity contribution in [2.75, 3.05) is 5.32 Å². The SMILES string of the molecule is NC(=O)C(=O)NS(=O)(=O)c1ccc(NC(=O)C(=O)NO)cc1. The number of primary amides is 1. The lowest BCUT2D eigenvalue weighted by Gasteiger charge is -2.07. The molecule has 0 fully saturated rings. The molecule has 0 aliphatic heterocycles. The van der Waals surface area contributed by atoms with Gasteiger partial charge in [0.1, 0.15) is 0 Å². The van der Waals surface area contributed by atoms with Crippen molar-refractivity contribution in [1.82, 2.24) is 10.2 Å². The molecule has 12 heteroatoms. The molecule has 118 valence electrons. The van der Waals surface area contributed by atoms with Gasteiger partial charge in [-0.05, 0) is 24.3 Å². The summed E-state index contributed by atoms with van der Waals surface area (Å²) in [5.41, 5.74) is 5.78. The van der Waals surface area contributed by atoms with E-state index in [1.165, 1.54) is 4.72 Å². The number of benzene rings is 1. The van der Waals surface area contributed by atoms with E-state index in [1.807, 2.05) is 0 Å². The summed E-state index contributed by atoms with van der Waals surface area (Å²) in [7, 11) is -4.30. The maximum atomic E-state index is 11.7. The van der Waals surface area contributed by atoms with E-state index >= 15 is 0 Å². The molecule has 0 aromatic heterocycles. The lowest BCUT2D eigenvalue weighted by atomic mass is 10.3. The second-order valence-electron chi connectivity index (χ2n) is 3.72. The fourth-order valence-electron chi connectivity index (χ4n) is 1.19. The Morgan fingerprint density at radius 2 is 1.50 bits per heavy atom. The minimum absolute atomic E-state index is 0.0498. The number of hydrogen-bond acceptors (Lipinski definition) is 7. The number of anilines is 1. The van der Waals surface area contributed by atoms with Crippen molar-refractivity contribution in [1.29, 1.82) is 0 Å². The van der Waals surface area contributed by atoms with Gasteiger partial charge in [-0.3, -0.25) is 24.4 Å². The summed E-state index contributed by atoms with van der Waals surface area (Å²) in [5.74, 6) is -5.47. The molecule has 6 N–H and O–H groups in total. The van der Waals surface area contributed by atoms with Crippen LogP contribution in [0.15, 0.2) is 29.2 Å². The number of hydroxylamine groups is 1. The molecule has 0 spiro atoms. The molecule has 0 atom stereocenters. The highest BCUT2D eigenvalue weighted by molar-refractivity contribution is 7.90. The molecule has 1 aromatic rings. The molecule has 1 rings (SSSR count). The van der Waals surface area contributed by atoms with Gasteiger partial charge in [0.25, 0.3) is 10.0 Å². The maximum Gasteiger partial charge on any atom is 0.332 e. The highest BCUT2D eigenvalue weighted by Crippen LogP contribution is 2.13. The third kappa shape index (κ3) is 4.26. The molecule has 1 aromatic carbocycles. The number of carbonyl (C=O) groups is 4. The Morgan fingerprint density at radius 3 is 1.95 bits per heavy atom. The number of amides is 4. The Kier molecular flexibility index (Phi) is 5.15. The quantitative estimate of drug-likeness (QED) is 0.229. The number of carbonyl (C=O) groups excluding carboxylic acids is 4. The molecule has 4 amide bonds. The standard InChI is InChI=1S/C10H10N4O7S/c11-7(15)8(16)14-22(20,21)6-3-1-5(2-4-6)12-9(17)10(18)13-19/h1-4,19H,(H2,11,15)(H,12,17)(H,13,18)(H,14,16). The first kappa shape index (κ1) is 17.1.